The third-order valence-electron chi connectivity index (χ3n) is 3.16. The number of ether oxygens (including phenoxy) is 1. The van der Waals surface area contributed by atoms with Crippen molar-refractivity contribution >= 4 is 17.4 Å². The van der Waals surface area contributed by atoms with E-state index in [1.165, 1.54) is 11.8 Å². The molecule has 5 heteroatoms. The van der Waals surface area contributed by atoms with Crippen LogP contribution in [0.1, 0.15) is 18.1 Å². The highest BCUT2D eigenvalue weighted by atomic mass is 35.5. The molecule has 2 heterocycles. The van der Waals surface area contributed by atoms with Gasteiger partial charge in [-0.2, -0.15) is 0 Å². The van der Waals surface area contributed by atoms with Gasteiger partial charge >= 0.3 is 0 Å². The van der Waals surface area contributed by atoms with Crippen LogP contribution in [0.4, 0.5) is 5.82 Å². The first-order valence-corrected chi connectivity index (χ1v) is 6.61. The summed E-state index contributed by atoms with van der Waals surface area (Å²) in [7, 11) is 0. The lowest BCUT2D eigenvalue weighted by molar-refractivity contribution is 0.107. The normalized spacial score (nSPS) is 22.4. The summed E-state index contributed by atoms with van der Waals surface area (Å²) in [4.78, 5) is 8.23. The van der Waals surface area contributed by atoms with Crippen LogP contribution in [0.25, 0.3) is 0 Å². The quantitative estimate of drug-likeness (QED) is 0.935. The Balaban J connectivity index is 1.77. The zero-order chi connectivity index (χ0) is 13.1. The van der Waals surface area contributed by atoms with Crippen LogP contribution in [0.5, 0.6) is 0 Å². The third kappa shape index (κ3) is 2.85. The number of hydrogen-bond donors (Lipinski definition) is 1. The molecule has 1 aromatic carbocycles. The van der Waals surface area contributed by atoms with Crippen LogP contribution in [0.2, 0.25) is 5.15 Å². The van der Waals surface area contributed by atoms with Crippen molar-refractivity contribution in [2.75, 3.05) is 11.9 Å². The van der Waals surface area contributed by atoms with Gasteiger partial charge in [-0.1, -0.05) is 41.9 Å². The molecule has 0 bridgehead atoms. The van der Waals surface area contributed by atoms with Crippen molar-refractivity contribution in [1.82, 2.24) is 9.97 Å². The Morgan fingerprint density at radius 2 is 2.05 bits per heavy atom. The van der Waals surface area contributed by atoms with Crippen LogP contribution >= 0.6 is 11.6 Å². The lowest BCUT2D eigenvalue weighted by Crippen LogP contribution is -2.23. The minimum Gasteiger partial charge on any atom is -0.371 e. The second kappa shape index (κ2) is 5.55. The van der Waals surface area contributed by atoms with Gasteiger partial charge in [0.2, 0.25) is 0 Å². The van der Waals surface area contributed by atoms with Crippen molar-refractivity contribution in [3.05, 3.63) is 53.4 Å². The highest BCUT2D eigenvalue weighted by Gasteiger charge is 2.29. The molecule has 1 N–H and O–H groups in total. The third-order valence-corrected chi connectivity index (χ3v) is 3.34. The van der Waals surface area contributed by atoms with E-state index in [0.717, 1.165) is 13.0 Å². The lowest BCUT2D eigenvalue weighted by atomic mass is 10.0. The molecule has 4 nitrogen and oxygen atoms in total. The molecule has 0 unspecified atom stereocenters. The zero-order valence-corrected chi connectivity index (χ0v) is 11.0. The van der Waals surface area contributed by atoms with Gasteiger partial charge in [0.25, 0.3) is 0 Å². The SMILES string of the molecule is Clc1cncc(N[C@H]2CCO[C@@H]2c2ccccc2)n1. The predicted octanol–water partition coefficient (Wildman–Crippen LogP) is 3.07. The number of halogens is 1. The van der Waals surface area contributed by atoms with Gasteiger partial charge in [-0.15, -0.1) is 0 Å². The minimum absolute atomic E-state index is 0.0435. The molecule has 3 rings (SSSR count). The van der Waals surface area contributed by atoms with E-state index in [2.05, 4.69) is 27.4 Å². The monoisotopic (exact) mass is 275 g/mol. The zero-order valence-electron chi connectivity index (χ0n) is 10.3. The van der Waals surface area contributed by atoms with Gasteiger partial charge in [-0.3, -0.25) is 4.98 Å². The number of nitrogens with one attached hydrogen (secondary N) is 1. The summed E-state index contributed by atoms with van der Waals surface area (Å²) in [6.07, 6.45) is 4.18. The Kier molecular flexibility index (Phi) is 3.62. The van der Waals surface area contributed by atoms with Crippen molar-refractivity contribution in [3.8, 4) is 0 Å². The number of anilines is 1. The molecule has 1 saturated heterocycles. The van der Waals surface area contributed by atoms with Gasteiger partial charge < -0.3 is 10.1 Å². The second-order valence-corrected chi connectivity index (χ2v) is 4.86. The van der Waals surface area contributed by atoms with Crippen LogP contribution in [-0.2, 0) is 4.74 Å². The number of nitrogens with zero attached hydrogens (tertiary/aromatic N) is 2. The number of rotatable bonds is 3. The Bertz CT molecular complexity index is 549. The van der Waals surface area contributed by atoms with Gasteiger partial charge in [-0.05, 0) is 12.0 Å². The first kappa shape index (κ1) is 12.4. The van der Waals surface area contributed by atoms with E-state index in [-0.39, 0.29) is 12.1 Å². The topological polar surface area (TPSA) is 47.0 Å². The van der Waals surface area contributed by atoms with Crippen molar-refractivity contribution in [3.63, 3.8) is 0 Å². The van der Waals surface area contributed by atoms with Crippen molar-refractivity contribution in [2.24, 2.45) is 0 Å². The Morgan fingerprint density at radius 3 is 2.84 bits per heavy atom. The summed E-state index contributed by atoms with van der Waals surface area (Å²) in [5.41, 5.74) is 1.17. The maximum atomic E-state index is 5.84. The summed E-state index contributed by atoms with van der Waals surface area (Å²) in [6, 6.07) is 10.4. The van der Waals surface area contributed by atoms with Crippen molar-refractivity contribution < 1.29 is 4.74 Å². The van der Waals surface area contributed by atoms with Crippen molar-refractivity contribution in [2.45, 2.75) is 18.6 Å². The number of aromatic nitrogens is 2. The average Bonchev–Trinajstić information content (AvgIpc) is 2.88. The molecular formula is C14H14ClN3O. The van der Waals surface area contributed by atoms with E-state index in [1.807, 2.05) is 18.2 Å². The molecule has 0 spiro atoms. The van der Waals surface area contributed by atoms with Gasteiger partial charge in [0, 0.05) is 6.61 Å². The average molecular weight is 276 g/mol. The Labute approximate surface area is 116 Å². The molecular weight excluding hydrogens is 262 g/mol. The molecule has 19 heavy (non-hydrogen) atoms. The smallest absolute Gasteiger partial charge is 0.149 e. The van der Waals surface area contributed by atoms with Crippen LogP contribution in [0, 0.1) is 0 Å². The highest BCUT2D eigenvalue weighted by molar-refractivity contribution is 6.29. The molecule has 98 valence electrons. The summed E-state index contributed by atoms with van der Waals surface area (Å²) in [6.45, 7) is 0.741. The van der Waals surface area contributed by atoms with E-state index in [0.29, 0.717) is 11.0 Å². The maximum absolute atomic E-state index is 5.84. The van der Waals surface area contributed by atoms with E-state index >= 15 is 0 Å². The Hall–Kier alpha value is -1.65. The maximum Gasteiger partial charge on any atom is 0.149 e. The van der Waals surface area contributed by atoms with Gasteiger partial charge in [0.15, 0.2) is 0 Å². The Morgan fingerprint density at radius 1 is 1.21 bits per heavy atom. The van der Waals surface area contributed by atoms with Crippen LogP contribution in [0.3, 0.4) is 0 Å². The first-order chi connectivity index (χ1) is 9.33. The molecule has 0 aliphatic carbocycles. The predicted molar refractivity (Wildman–Crippen MR) is 74.2 cm³/mol. The highest BCUT2D eigenvalue weighted by Crippen LogP contribution is 2.30. The van der Waals surface area contributed by atoms with E-state index in [9.17, 15) is 0 Å². The molecule has 2 aromatic rings. The van der Waals surface area contributed by atoms with Crippen LogP contribution < -0.4 is 5.32 Å². The first-order valence-electron chi connectivity index (χ1n) is 6.23. The molecule has 1 aliphatic rings. The van der Waals surface area contributed by atoms with Gasteiger partial charge in [0.05, 0.1) is 18.4 Å². The van der Waals surface area contributed by atoms with E-state index in [1.54, 1.807) is 6.20 Å². The van der Waals surface area contributed by atoms with Gasteiger partial charge in [0.1, 0.15) is 17.1 Å². The van der Waals surface area contributed by atoms with Gasteiger partial charge in [-0.25, -0.2) is 4.98 Å². The summed E-state index contributed by atoms with van der Waals surface area (Å²) in [5.74, 6) is 0.684. The lowest BCUT2D eigenvalue weighted by Gasteiger charge is -2.20. The summed E-state index contributed by atoms with van der Waals surface area (Å²) >= 11 is 5.84. The molecule has 0 saturated carbocycles. The number of benzene rings is 1. The summed E-state index contributed by atoms with van der Waals surface area (Å²) < 4.78 is 5.81. The molecule has 1 fully saturated rings. The van der Waals surface area contributed by atoms with E-state index < -0.39 is 0 Å². The molecule has 0 radical (unpaired) electrons. The van der Waals surface area contributed by atoms with Crippen LogP contribution in [-0.4, -0.2) is 22.6 Å². The fraction of sp³-hybridized carbons (Fsp3) is 0.286. The second-order valence-electron chi connectivity index (χ2n) is 4.47. The van der Waals surface area contributed by atoms with Crippen molar-refractivity contribution in [1.29, 1.82) is 0 Å². The summed E-state index contributed by atoms with van der Waals surface area (Å²) in [5, 5.41) is 3.74. The molecule has 0 amide bonds. The fourth-order valence-corrected chi connectivity index (χ4v) is 2.46. The molecule has 1 aliphatic heterocycles. The fourth-order valence-electron chi connectivity index (χ4n) is 2.31. The minimum atomic E-state index is 0.0435. The standard InChI is InChI=1S/C14H14ClN3O/c15-12-8-16-9-13(18-12)17-11-6-7-19-14(11)10-4-2-1-3-5-10/h1-5,8-9,11,14H,6-7H2,(H,17,18)/t11-,14+/m0/s1. The van der Waals surface area contributed by atoms with E-state index in [4.69, 9.17) is 16.3 Å². The number of hydrogen-bond acceptors (Lipinski definition) is 4. The largest absolute Gasteiger partial charge is 0.371 e. The molecule has 2 atom stereocenters. The molecule has 1 aromatic heterocycles. The van der Waals surface area contributed by atoms with Crippen LogP contribution in [0.15, 0.2) is 42.7 Å².